The van der Waals surface area contributed by atoms with Gasteiger partial charge in [-0.1, -0.05) is 43.6 Å². The second kappa shape index (κ2) is 9.42. The quantitative estimate of drug-likeness (QED) is 0.700. The molecule has 0 heterocycles. The summed E-state index contributed by atoms with van der Waals surface area (Å²) in [6.07, 6.45) is 0. The maximum atomic E-state index is 12.1. The molecule has 0 unspecified atom stereocenters. The Bertz CT molecular complexity index is 810. The molecule has 0 aromatic heterocycles. The minimum absolute atomic E-state index is 0.267. The van der Waals surface area contributed by atoms with Gasteiger partial charge in [0, 0.05) is 10.7 Å². The number of rotatable bonds is 7. The molecule has 144 valence electrons. The summed E-state index contributed by atoms with van der Waals surface area (Å²) < 4.78 is 10.5. The van der Waals surface area contributed by atoms with Gasteiger partial charge in [0.25, 0.3) is 5.91 Å². The molecular formula is C21H24ClNO4. The first kappa shape index (κ1) is 20.8. The molecule has 2 aromatic rings. The zero-order valence-electron chi connectivity index (χ0n) is 16.0. The highest BCUT2D eigenvalue weighted by atomic mass is 35.5. The lowest BCUT2D eigenvalue weighted by Gasteiger charge is -2.14. The predicted molar refractivity (Wildman–Crippen MR) is 107 cm³/mol. The van der Waals surface area contributed by atoms with Crippen LogP contribution in [0.25, 0.3) is 0 Å². The van der Waals surface area contributed by atoms with Gasteiger partial charge in [-0.05, 0) is 54.7 Å². The molecule has 0 bridgehead atoms. The van der Waals surface area contributed by atoms with Crippen LogP contribution in [0, 0.1) is 13.8 Å². The standard InChI is InChI=1S/C21H24ClNO4/c1-13(2)17-7-5-6-8-18(17)23-19(24)11-26-20(25)12-27-21-14(3)9-16(22)10-15(21)4/h5-10,13H,11-12H2,1-4H3,(H,23,24). The molecule has 0 atom stereocenters. The van der Waals surface area contributed by atoms with Crippen molar-refractivity contribution in [3.63, 3.8) is 0 Å². The van der Waals surface area contributed by atoms with Gasteiger partial charge in [0.05, 0.1) is 0 Å². The van der Waals surface area contributed by atoms with Crippen molar-refractivity contribution in [1.82, 2.24) is 0 Å². The Morgan fingerprint density at radius 1 is 1.07 bits per heavy atom. The van der Waals surface area contributed by atoms with E-state index in [1.807, 2.05) is 52.0 Å². The Morgan fingerprint density at radius 3 is 2.33 bits per heavy atom. The summed E-state index contributed by atoms with van der Waals surface area (Å²) in [5, 5.41) is 3.38. The summed E-state index contributed by atoms with van der Waals surface area (Å²) in [4.78, 5) is 24.0. The number of halogens is 1. The molecule has 0 fully saturated rings. The van der Waals surface area contributed by atoms with Crippen LogP contribution in [0.2, 0.25) is 5.02 Å². The molecule has 0 aliphatic heterocycles. The first-order chi connectivity index (χ1) is 12.8. The molecule has 0 saturated carbocycles. The van der Waals surface area contributed by atoms with E-state index in [-0.39, 0.29) is 19.1 Å². The first-order valence-corrected chi connectivity index (χ1v) is 9.09. The third kappa shape index (κ3) is 6.00. The minimum Gasteiger partial charge on any atom is -0.481 e. The van der Waals surface area contributed by atoms with Crippen LogP contribution >= 0.6 is 11.6 Å². The van der Waals surface area contributed by atoms with Gasteiger partial charge in [0.1, 0.15) is 5.75 Å². The molecule has 2 rings (SSSR count). The van der Waals surface area contributed by atoms with Crippen LogP contribution in [0.3, 0.4) is 0 Å². The van der Waals surface area contributed by atoms with Gasteiger partial charge in [0.2, 0.25) is 0 Å². The van der Waals surface area contributed by atoms with E-state index in [9.17, 15) is 9.59 Å². The molecule has 0 spiro atoms. The highest BCUT2D eigenvalue weighted by molar-refractivity contribution is 6.30. The van der Waals surface area contributed by atoms with Crippen molar-refractivity contribution in [2.24, 2.45) is 0 Å². The van der Waals surface area contributed by atoms with E-state index in [4.69, 9.17) is 21.1 Å². The SMILES string of the molecule is Cc1cc(Cl)cc(C)c1OCC(=O)OCC(=O)Nc1ccccc1C(C)C. The van der Waals surface area contributed by atoms with Crippen LogP contribution in [0.15, 0.2) is 36.4 Å². The molecule has 1 amide bonds. The number of hydrogen-bond acceptors (Lipinski definition) is 4. The number of hydrogen-bond donors (Lipinski definition) is 1. The number of amides is 1. The summed E-state index contributed by atoms with van der Waals surface area (Å²) >= 11 is 5.97. The second-order valence-electron chi connectivity index (χ2n) is 6.61. The van der Waals surface area contributed by atoms with Crippen molar-refractivity contribution in [3.05, 3.63) is 58.1 Å². The van der Waals surface area contributed by atoms with Crippen molar-refractivity contribution in [2.75, 3.05) is 18.5 Å². The molecule has 0 radical (unpaired) electrons. The highest BCUT2D eigenvalue weighted by Gasteiger charge is 2.13. The Hall–Kier alpha value is -2.53. The van der Waals surface area contributed by atoms with Gasteiger partial charge in [-0.15, -0.1) is 0 Å². The largest absolute Gasteiger partial charge is 0.481 e. The number of ether oxygens (including phenoxy) is 2. The van der Waals surface area contributed by atoms with Crippen molar-refractivity contribution in [2.45, 2.75) is 33.6 Å². The predicted octanol–water partition coefficient (Wildman–Crippen LogP) is 4.64. The van der Waals surface area contributed by atoms with Gasteiger partial charge >= 0.3 is 5.97 Å². The van der Waals surface area contributed by atoms with E-state index in [0.717, 1.165) is 22.4 Å². The number of para-hydroxylation sites is 1. The van der Waals surface area contributed by atoms with Gasteiger partial charge in [-0.3, -0.25) is 4.79 Å². The molecule has 1 N–H and O–H groups in total. The number of esters is 1. The third-order valence-electron chi connectivity index (χ3n) is 3.98. The Morgan fingerprint density at radius 2 is 1.70 bits per heavy atom. The third-order valence-corrected chi connectivity index (χ3v) is 4.20. The fraction of sp³-hybridized carbons (Fsp3) is 0.333. The molecule has 5 nitrogen and oxygen atoms in total. The maximum absolute atomic E-state index is 12.1. The lowest BCUT2D eigenvalue weighted by molar-refractivity contribution is -0.149. The van der Waals surface area contributed by atoms with Crippen molar-refractivity contribution >= 4 is 29.2 Å². The monoisotopic (exact) mass is 389 g/mol. The molecule has 0 aliphatic carbocycles. The first-order valence-electron chi connectivity index (χ1n) is 8.72. The van der Waals surface area contributed by atoms with Crippen molar-refractivity contribution in [3.8, 4) is 5.75 Å². The number of aryl methyl sites for hydroxylation is 2. The normalized spacial score (nSPS) is 10.6. The van der Waals surface area contributed by atoms with Crippen LogP contribution in [0.1, 0.15) is 36.5 Å². The van der Waals surface area contributed by atoms with Gasteiger partial charge in [-0.25, -0.2) is 4.79 Å². The summed E-state index contributed by atoms with van der Waals surface area (Å²) in [6.45, 7) is 7.14. The number of benzene rings is 2. The van der Waals surface area contributed by atoms with Crippen LogP contribution in [0.4, 0.5) is 5.69 Å². The van der Waals surface area contributed by atoms with E-state index in [0.29, 0.717) is 10.8 Å². The van der Waals surface area contributed by atoms with Crippen molar-refractivity contribution in [1.29, 1.82) is 0 Å². The maximum Gasteiger partial charge on any atom is 0.344 e. The smallest absolute Gasteiger partial charge is 0.344 e. The second-order valence-corrected chi connectivity index (χ2v) is 7.04. The van der Waals surface area contributed by atoms with Gasteiger partial charge < -0.3 is 14.8 Å². The van der Waals surface area contributed by atoms with E-state index < -0.39 is 11.9 Å². The summed E-state index contributed by atoms with van der Waals surface area (Å²) in [7, 11) is 0. The molecule has 6 heteroatoms. The van der Waals surface area contributed by atoms with E-state index in [1.54, 1.807) is 12.1 Å². The fourth-order valence-corrected chi connectivity index (χ4v) is 3.07. The van der Waals surface area contributed by atoms with Crippen LogP contribution < -0.4 is 10.1 Å². The Balaban J connectivity index is 1.85. The molecule has 0 aliphatic rings. The topological polar surface area (TPSA) is 64.6 Å². The van der Waals surface area contributed by atoms with Crippen LogP contribution in [0.5, 0.6) is 5.75 Å². The molecule has 0 saturated heterocycles. The number of nitrogens with one attached hydrogen (secondary N) is 1. The summed E-state index contributed by atoms with van der Waals surface area (Å²) in [5.74, 6) is -0.152. The zero-order valence-corrected chi connectivity index (χ0v) is 16.7. The van der Waals surface area contributed by atoms with E-state index in [1.165, 1.54) is 0 Å². The molecule has 2 aromatic carbocycles. The fourth-order valence-electron chi connectivity index (χ4n) is 2.74. The van der Waals surface area contributed by atoms with E-state index >= 15 is 0 Å². The number of carbonyl (C=O) groups excluding carboxylic acids is 2. The van der Waals surface area contributed by atoms with Crippen LogP contribution in [-0.2, 0) is 14.3 Å². The van der Waals surface area contributed by atoms with Gasteiger partial charge in [0.15, 0.2) is 13.2 Å². The summed E-state index contributed by atoms with van der Waals surface area (Å²) in [5.41, 5.74) is 3.40. The molecular weight excluding hydrogens is 366 g/mol. The van der Waals surface area contributed by atoms with Gasteiger partial charge in [-0.2, -0.15) is 0 Å². The average molecular weight is 390 g/mol. The Labute approximate surface area is 164 Å². The lowest BCUT2D eigenvalue weighted by Crippen LogP contribution is -2.24. The lowest BCUT2D eigenvalue weighted by atomic mass is 10.0. The molecule has 27 heavy (non-hydrogen) atoms. The Kier molecular flexibility index (Phi) is 7.25. The average Bonchev–Trinajstić information content (AvgIpc) is 2.59. The van der Waals surface area contributed by atoms with Crippen LogP contribution in [-0.4, -0.2) is 25.1 Å². The zero-order chi connectivity index (χ0) is 20.0. The minimum atomic E-state index is -0.615. The van der Waals surface area contributed by atoms with E-state index in [2.05, 4.69) is 5.32 Å². The highest BCUT2D eigenvalue weighted by Crippen LogP contribution is 2.27. The summed E-state index contributed by atoms with van der Waals surface area (Å²) in [6, 6.07) is 11.1. The number of carbonyl (C=O) groups is 2. The van der Waals surface area contributed by atoms with Crippen molar-refractivity contribution < 1.29 is 19.1 Å². The number of anilines is 1.